The third-order valence-corrected chi connectivity index (χ3v) is 4.46. The maximum Gasteiger partial charge on any atom is 0.410 e. The Labute approximate surface area is 213 Å². The van der Waals surface area contributed by atoms with E-state index in [1.54, 1.807) is 19.0 Å². The van der Waals surface area contributed by atoms with Gasteiger partial charge in [-0.15, -0.1) is 24.0 Å². The van der Waals surface area contributed by atoms with Gasteiger partial charge in [0.25, 0.3) is 0 Å². The van der Waals surface area contributed by atoms with Crippen molar-refractivity contribution in [3.63, 3.8) is 0 Å². The molecular weight excluding hydrogens is 535 g/mol. The summed E-state index contributed by atoms with van der Waals surface area (Å²) < 4.78 is 10.6. The van der Waals surface area contributed by atoms with E-state index < -0.39 is 5.60 Å². The molecule has 0 spiro atoms. The predicted octanol–water partition coefficient (Wildman–Crippen LogP) is 4.09. The van der Waals surface area contributed by atoms with E-state index >= 15 is 0 Å². The Balaban J connectivity index is 0.00000544. The molecule has 0 fully saturated rings. The van der Waals surface area contributed by atoms with E-state index in [0.717, 1.165) is 17.0 Å². The summed E-state index contributed by atoms with van der Waals surface area (Å²) in [4.78, 5) is 22.3. The maximum atomic E-state index is 12.1. The second-order valence-corrected chi connectivity index (χ2v) is 8.96. The Bertz CT molecular complexity index is 890. The molecule has 1 heterocycles. The molecule has 2 aromatic rings. The smallest absolute Gasteiger partial charge is 0.410 e. The molecule has 0 atom stereocenters. The van der Waals surface area contributed by atoms with Crippen molar-refractivity contribution in [1.82, 2.24) is 25.7 Å². The number of halogens is 1. The number of benzene rings is 1. The third-order valence-electron chi connectivity index (χ3n) is 4.46. The lowest BCUT2D eigenvalue weighted by Crippen LogP contribution is -2.37. The molecule has 0 aliphatic rings. The fourth-order valence-electron chi connectivity index (χ4n) is 2.74. The van der Waals surface area contributed by atoms with Crippen molar-refractivity contribution in [1.29, 1.82) is 0 Å². The Hall–Kier alpha value is -2.37. The van der Waals surface area contributed by atoms with Crippen LogP contribution in [-0.4, -0.2) is 53.3 Å². The highest BCUT2D eigenvalue weighted by atomic mass is 127. The number of carbonyl (C=O) groups excluding carboxylic acids is 1. The van der Waals surface area contributed by atoms with E-state index in [9.17, 15) is 4.79 Å². The van der Waals surface area contributed by atoms with Crippen LogP contribution in [-0.2, 0) is 24.2 Å². The molecular formula is C23H37IN6O3. The van der Waals surface area contributed by atoms with Crippen LogP contribution in [0.15, 0.2) is 33.8 Å². The van der Waals surface area contributed by atoms with Gasteiger partial charge in [0.1, 0.15) is 5.60 Å². The molecule has 2 rings (SSSR count). The summed E-state index contributed by atoms with van der Waals surface area (Å²) in [6.45, 7) is 11.4. The number of amides is 1. The molecule has 10 heteroatoms. The van der Waals surface area contributed by atoms with Crippen molar-refractivity contribution in [2.75, 3.05) is 20.6 Å². The standard InChI is InChI=1S/C23H36N6O3.HI/c1-16(2)20-27-19(32-28-20)12-13-25-21(24-6)26-14-17-8-10-18(11-9-17)15-29(7)22(30)31-23(3,4)5;/h8-11,16H,12-15H2,1-7H3,(H2,24,25,26);1H. The van der Waals surface area contributed by atoms with Crippen LogP contribution < -0.4 is 10.6 Å². The van der Waals surface area contributed by atoms with Gasteiger partial charge in [-0.05, 0) is 31.9 Å². The number of hydrogen-bond acceptors (Lipinski definition) is 6. The largest absolute Gasteiger partial charge is 0.444 e. The first-order valence-electron chi connectivity index (χ1n) is 10.9. The summed E-state index contributed by atoms with van der Waals surface area (Å²) in [5.74, 6) is 2.29. The number of aliphatic imine (C=N–C) groups is 1. The molecule has 0 saturated heterocycles. The van der Waals surface area contributed by atoms with Crippen LogP contribution in [0.5, 0.6) is 0 Å². The number of ether oxygens (including phenoxy) is 1. The van der Waals surface area contributed by atoms with E-state index in [4.69, 9.17) is 9.26 Å². The van der Waals surface area contributed by atoms with Gasteiger partial charge in [0, 0.05) is 46.1 Å². The minimum absolute atomic E-state index is 0. The molecule has 1 amide bonds. The Morgan fingerprint density at radius 1 is 1.18 bits per heavy atom. The molecule has 0 radical (unpaired) electrons. The van der Waals surface area contributed by atoms with E-state index in [1.807, 2.05) is 58.9 Å². The second-order valence-electron chi connectivity index (χ2n) is 8.96. The predicted molar refractivity (Wildman–Crippen MR) is 140 cm³/mol. The summed E-state index contributed by atoms with van der Waals surface area (Å²) in [5.41, 5.74) is 1.63. The van der Waals surface area contributed by atoms with Gasteiger partial charge >= 0.3 is 6.09 Å². The first-order valence-corrected chi connectivity index (χ1v) is 10.9. The number of aromatic nitrogens is 2. The summed E-state index contributed by atoms with van der Waals surface area (Å²) in [6, 6.07) is 8.08. The number of carbonyl (C=O) groups is 1. The number of nitrogens with one attached hydrogen (secondary N) is 2. The molecule has 1 aromatic heterocycles. The van der Waals surface area contributed by atoms with Crippen molar-refractivity contribution >= 4 is 36.0 Å². The highest BCUT2D eigenvalue weighted by Gasteiger charge is 2.19. The Morgan fingerprint density at radius 3 is 2.36 bits per heavy atom. The second kappa shape index (κ2) is 13.4. The van der Waals surface area contributed by atoms with Crippen molar-refractivity contribution in [2.45, 2.75) is 65.6 Å². The molecule has 0 aliphatic heterocycles. The first-order chi connectivity index (χ1) is 15.1. The van der Waals surface area contributed by atoms with Crippen LogP contribution in [0.2, 0.25) is 0 Å². The van der Waals surface area contributed by atoms with Crippen LogP contribution in [0, 0.1) is 0 Å². The average Bonchev–Trinajstić information content (AvgIpc) is 3.19. The molecule has 184 valence electrons. The van der Waals surface area contributed by atoms with Gasteiger partial charge in [-0.2, -0.15) is 4.98 Å². The monoisotopic (exact) mass is 572 g/mol. The van der Waals surface area contributed by atoms with Gasteiger partial charge in [0.15, 0.2) is 11.8 Å². The lowest BCUT2D eigenvalue weighted by molar-refractivity contribution is 0.0285. The van der Waals surface area contributed by atoms with E-state index in [0.29, 0.717) is 37.9 Å². The number of rotatable bonds is 8. The summed E-state index contributed by atoms with van der Waals surface area (Å²) >= 11 is 0. The minimum atomic E-state index is -0.504. The quantitative estimate of drug-likeness (QED) is 0.279. The zero-order valence-corrected chi connectivity index (χ0v) is 23.0. The highest BCUT2D eigenvalue weighted by Crippen LogP contribution is 2.12. The Morgan fingerprint density at radius 2 is 1.82 bits per heavy atom. The number of guanidine groups is 1. The van der Waals surface area contributed by atoms with E-state index in [1.165, 1.54) is 0 Å². The number of hydrogen-bond donors (Lipinski definition) is 2. The molecule has 1 aromatic carbocycles. The van der Waals surface area contributed by atoms with Gasteiger partial charge in [-0.25, -0.2) is 4.79 Å². The zero-order valence-electron chi connectivity index (χ0n) is 20.6. The van der Waals surface area contributed by atoms with Crippen LogP contribution in [0.3, 0.4) is 0 Å². The summed E-state index contributed by atoms with van der Waals surface area (Å²) in [5, 5.41) is 10.5. The van der Waals surface area contributed by atoms with Crippen LogP contribution in [0.4, 0.5) is 4.79 Å². The minimum Gasteiger partial charge on any atom is -0.444 e. The molecule has 0 bridgehead atoms. The van der Waals surface area contributed by atoms with Crippen molar-refractivity contribution < 1.29 is 14.1 Å². The van der Waals surface area contributed by atoms with Crippen LogP contribution in [0.1, 0.15) is 63.4 Å². The van der Waals surface area contributed by atoms with Gasteiger partial charge in [0.05, 0.1) is 0 Å². The van der Waals surface area contributed by atoms with Gasteiger partial charge in [-0.1, -0.05) is 43.3 Å². The first kappa shape index (κ1) is 28.7. The zero-order chi connectivity index (χ0) is 23.7. The van der Waals surface area contributed by atoms with E-state index in [2.05, 4.69) is 25.8 Å². The SMILES string of the molecule is CN=C(NCCc1nc(C(C)C)no1)NCc1ccc(CN(C)C(=O)OC(C)(C)C)cc1.I. The molecule has 0 saturated carbocycles. The lowest BCUT2D eigenvalue weighted by atomic mass is 10.1. The lowest BCUT2D eigenvalue weighted by Gasteiger charge is -2.24. The highest BCUT2D eigenvalue weighted by molar-refractivity contribution is 14.0. The fraction of sp³-hybridized carbons (Fsp3) is 0.565. The third kappa shape index (κ3) is 10.4. The van der Waals surface area contributed by atoms with Crippen LogP contribution in [0.25, 0.3) is 0 Å². The fourth-order valence-corrected chi connectivity index (χ4v) is 2.74. The van der Waals surface area contributed by atoms with Crippen molar-refractivity contribution in [3.8, 4) is 0 Å². The van der Waals surface area contributed by atoms with Gasteiger partial charge in [-0.3, -0.25) is 4.99 Å². The topological polar surface area (TPSA) is 105 Å². The van der Waals surface area contributed by atoms with Crippen LogP contribution >= 0.6 is 24.0 Å². The molecule has 0 aliphatic carbocycles. The Kier molecular flexibility index (Phi) is 11.6. The summed E-state index contributed by atoms with van der Waals surface area (Å²) in [7, 11) is 3.46. The van der Waals surface area contributed by atoms with Gasteiger partial charge in [0.2, 0.25) is 5.89 Å². The maximum absolute atomic E-state index is 12.1. The summed E-state index contributed by atoms with van der Waals surface area (Å²) in [6.07, 6.45) is 0.291. The average molecular weight is 572 g/mol. The normalized spacial score (nSPS) is 11.7. The number of nitrogens with zero attached hydrogens (tertiary/aromatic N) is 4. The molecule has 0 unspecified atom stereocenters. The van der Waals surface area contributed by atoms with Gasteiger partial charge < -0.3 is 24.8 Å². The molecule has 2 N–H and O–H groups in total. The molecule has 9 nitrogen and oxygen atoms in total. The van der Waals surface area contributed by atoms with Crippen molar-refractivity contribution in [2.24, 2.45) is 4.99 Å². The van der Waals surface area contributed by atoms with E-state index in [-0.39, 0.29) is 36.0 Å². The van der Waals surface area contributed by atoms with Crippen molar-refractivity contribution in [3.05, 3.63) is 47.1 Å². The molecule has 33 heavy (non-hydrogen) atoms.